The first-order valence-corrected chi connectivity index (χ1v) is 7.14. The van der Waals surface area contributed by atoms with E-state index in [1.54, 1.807) is 18.4 Å². The van der Waals surface area contributed by atoms with Crippen molar-refractivity contribution < 1.29 is 4.74 Å². The number of imidazole rings is 1. The summed E-state index contributed by atoms with van der Waals surface area (Å²) in [5, 5.41) is 8.43. The average molecular weight is 409 g/mol. The molecule has 0 radical (unpaired) electrons. The standard InChI is InChI=1S/C12H19N5OS.HI/c1-3-18-6-4-14-11(13-2)15-8-10-9-17-5-7-19-12(17)16-10;/h5,7,9H,3-4,6,8H2,1-2H3,(H2,13,14,15);1H. The fourth-order valence-electron chi connectivity index (χ4n) is 1.64. The maximum absolute atomic E-state index is 5.26. The van der Waals surface area contributed by atoms with E-state index in [2.05, 4.69) is 20.6 Å². The molecule has 2 rings (SSSR count). The molecule has 0 aliphatic heterocycles. The summed E-state index contributed by atoms with van der Waals surface area (Å²) in [5.74, 6) is 0.760. The highest BCUT2D eigenvalue weighted by molar-refractivity contribution is 14.0. The Morgan fingerprint density at radius 1 is 1.50 bits per heavy atom. The molecular weight excluding hydrogens is 389 g/mol. The molecule has 0 fully saturated rings. The topological polar surface area (TPSA) is 63.0 Å². The van der Waals surface area contributed by atoms with Gasteiger partial charge in [0.25, 0.3) is 0 Å². The van der Waals surface area contributed by atoms with E-state index >= 15 is 0 Å². The van der Waals surface area contributed by atoms with Crippen LogP contribution in [-0.2, 0) is 11.3 Å². The Bertz CT molecular complexity index is 510. The number of fused-ring (bicyclic) bond motifs is 1. The molecule has 0 saturated heterocycles. The molecule has 0 spiro atoms. The molecule has 2 aromatic rings. The zero-order valence-corrected chi connectivity index (χ0v) is 14.8. The van der Waals surface area contributed by atoms with Gasteiger partial charge in [-0.1, -0.05) is 0 Å². The Hall–Kier alpha value is -0.870. The molecule has 0 atom stereocenters. The number of guanidine groups is 1. The third-order valence-electron chi connectivity index (χ3n) is 2.55. The maximum Gasteiger partial charge on any atom is 0.193 e. The van der Waals surface area contributed by atoms with Gasteiger partial charge in [0.15, 0.2) is 10.9 Å². The minimum Gasteiger partial charge on any atom is -0.380 e. The van der Waals surface area contributed by atoms with Crippen LogP contribution >= 0.6 is 35.3 Å². The van der Waals surface area contributed by atoms with Crippen LogP contribution in [0.3, 0.4) is 0 Å². The molecule has 0 unspecified atom stereocenters. The van der Waals surface area contributed by atoms with Crippen LogP contribution in [0.15, 0.2) is 22.8 Å². The van der Waals surface area contributed by atoms with Gasteiger partial charge in [0.1, 0.15) is 0 Å². The highest BCUT2D eigenvalue weighted by atomic mass is 127. The lowest BCUT2D eigenvalue weighted by atomic mass is 10.5. The van der Waals surface area contributed by atoms with Crippen molar-refractivity contribution in [1.82, 2.24) is 20.0 Å². The molecule has 2 aromatic heterocycles. The number of nitrogens with zero attached hydrogens (tertiary/aromatic N) is 3. The Morgan fingerprint density at radius 2 is 2.35 bits per heavy atom. The van der Waals surface area contributed by atoms with E-state index < -0.39 is 0 Å². The van der Waals surface area contributed by atoms with Crippen molar-refractivity contribution in [1.29, 1.82) is 0 Å². The Morgan fingerprint density at radius 3 is 3.05 bits per heavy atom. The normalized spacial score (nSPS) is 11.4. The summed E-state index contributed by atoms with van der Waals surface area (Å²) < 4.78 is 7.28. The highest BCUT2D eigenvalue weighted by Gasteiger charge is 2.03. The molecule has 112 valence electrons. The first-order valence-electron chi connectivity index (χ1n) is 6.26. The summed E-state index contributed by atoms with van der Waals surface area (Å²) >= 11 is 1.63. The first kappa shape index (κ1) is 17.2. The van der Waals surface area contributed by atoms with Crippen molar-refractivity contribution in [3.05, 3.63) is 23.5 Å². The number of aromatic nitrogens is 2. The average Bonchev–Trinajstić information content (AvgIpc) is 2.98. The van der Waals surface area contributed by atoms with Gasteiger partial charge in [-0.05, 0) is 6.92 Å². The molecule has 0 amide bonds. The lowest BCUT2D eigenvalue weighted by Crippen LogP contribution is -2.38. The van der Waals surface area contributed by atoms with Crippen molar-refractivity contribution in [3.63, 3.8) is 0 Å². The van der Waals surface area contributed by atoms with E-state index in [4.69, 9.17) is 4.74 Å². The van der Waals surface area contributed by atoms with Crippen LogP contribution in [0, 0.1) is 0 Å². The minimum absolute atomic E-state index is 0. The van der Waals surface area contributed by atoms with Gasteiger partial charge >= 0.3 is 0 Å². The number of rotatable bonds is 6. The van der Waals surface area contributed by atoms with Crippen LogP contribution < -0.4 is 10.6 Å². The number of hydrogen-bond donors (Lipinski definition) is 2. The molecule has 20 heavy (non-hydrogen) atoms. The molecule has 0 aromatic carbocycles. The number of halogens is 1. The van der Waals surface area contributed by atoms with Crippen LogP contribution in [0.1, 0.15) is 12.6 Å². The SMILES string of the molecule is CCOCCNC(=NC)NCc1cn2ccsc2n1.I. The fraction of sp³-hybridized carbons (Fsp3) is 0.500. The maximum atomic E-state index is 5.26. The van der Waals surface area contributed by atoms with Gasteiger partial charge in [-0.15, -0.1) is 35.3 Å². The van der Waals surface area contributed by atoms with E-state index in [9.17, 15) is 0 Å². The predicted molar refractivity (Wildman–Crippen MR) is 93.2 cm³/mol. The van der Waals surface area contributed by atoms with Crippen molar-refractivity contribution in [2.45, 2.75) is 13.5 Å². The third-order valence-corrected chi connectivity index (χ3v) is 3.32. The van der Waals surface area contributed by atoms with Crippen LogP contribution in [0.25, 0.3) is 4.96 Å². The second-order valence-electron chi connectivity index (χ2n) is 3.87. The van der Waals surface area contributed by atoms with Gasteiger partial charge in [-0.2, -0.15) is 0 Å². The minimum atomic E-state index is 0. The third kappa shape index (κ3) is 4.91. The summed E-state index contributed by atoms with van der Waals surface area (Å²) in [6.07, 6.45) is 4.03. The Kier molecular flexibility index (Phi) is 7.85. The summed E-state index contributed by atoms with van der Waals surface area (Å²) in [6, 6.07) is 0. The molecule has 0 bridgehead atoms. The van der Waals surface area contributed by atoms with Crippen molar-refractivity contribution in [2.24, 2.45) is 4.99 Å². The number of aliphatic imine (C=N–C) groups is 1. The Labute approximate surface area is 139 Å². The quantitative estimate of drug-likeness (QED) is 0.330. The molecular formula is C12H20IN5OS. The summed E-state index contributed by atoms with van der Waals surface area (Å²) in [5.41, 5.74) is 1.000. The van der Waals surface area contributed by atoms with E-state index in [1.165, 1.54) is 0 Å². The lowest BCUT2D eigenvalue weighted by Gasteiger charge is -2.10. The molecule has 0 aliphatic carbocycles. The molecule has 6 nitrogen and oxygen atoms in total. The van der Waals surface area contributed by atoms with E-state index in [0.717, 1.165) is 29.8 Å². The van der Waals surface area contributed by atoms with Gasteiger partial charge in [0, 0.05) is 38.0 Å². The Balaban J connectivity index is 0.00000200. The predicted octanol–water partition coefficient (Wildman–Crippen LogP) is 1.72. The van der Waals surface area contributed by atoms with E-state index in [-0.39, 0.29) is 24.0 Å². The summed E-state index contributed by atoms with van der Waals surface area (Å²) in [4.78, 5) is 9.66. The van der Waals surface area contributed by atoms with Crippen LogP contribution in [0.4, 0.5) is 0 Å². The number of nitrogens with one attached hydrogen (secondary N) is 2. The van der Waals surface area contributed by atoms with Crippen molar-refractivity contribution in [2.75, 3.05) is 26.8 Å². The van der Waals surface area contributed by atoms with Crippen molar-refractivity contribution in [3.8, 4) is 0 Å². The molecule has 0 aliphatic rings. The number of ether oxygens (including phenoxy) is 1. The van der Waals surface area contributed by atoms with E-state index in [0.29, 0.717) is 13.2 Å². The summed E-state index contributed by atoms with van der Waals surface area (Å²) in [7, 11) is 1.75. The second-order valence-corrected chi connectivity index (χ2v) is 4.75. The van der Waals surface area contributed by atoms with Crippen LogP contribution in [0.2, 0.25) is 0 Å². The van der Waals surface area contributed by atoms with Gasteiger partial charge in [0.05, 0.1) is 18.8 Å². The molecule has 2 N–H and O–H groups in total. The van der Waals surface area contributed by atoms with Gasteiger partial charge in [-0.3, -0.25) is 9.39 Å². The molecule has 2 heterocycles. The lowest BCUT2D eigenvalue weighted by molar-refractivity contribution is 0.152. The zero-order valence-electron chi connectivity index (χ0n) is 11.6. The van der Waals surface area contributed by atoms with E-state index in [1.807, 2.05) is 29.1 Å². The first-order chi connectivity index (χ1) is 9.33. The number of thiazole rings is 1. The van der Waals surface area contributed by atoms with Crippen molar-refractivity contribution >= 4 is 46.2 Å². The number of hydrogen-bond acceptors (Lipinski definition) is 4. The van der Waals surface area contributed by atoms with Gasteiger partial charge in [-0.25, -0.2) is 4.98 Å². The monoisotopic (exact) mass is 409 g/mol. The molecule has 8 heteroatoms. The van der Waals surface area contributed by atoms with Gasteiger partial charge in [0.2, 0.25) is 0 Å². The summed E-state index contributed by atoms with van der Waals surface area (Å²) in [6.45, 7) is 4.79. The van der Waals surface area contributed by atoms with Crippen LogP contribution in [0.5, 0.6) is 0 Å². The smallest absolute Gasteiger partial charge is 0.193 e. The molecule has 0 saturated carbocycles. The fourth-order valence-corrected chi connectivity index (χ4v) is 2.36. The van der Waals surface area contributed by atoms with Gasteiger partial charge < -0.3 is 15.4 Å². The highest BCUT2D eigenvalue weighted by Crippen LogP contribution is 2.10. The second kappa shape index (κ2) is 9.14. The van der Waals surface area contributed by atoms with Crippen LogP contribution in [-0.4, -0.2) is 42.2 Å². The zero-order chi connectivity index (χ0) is 13.5. The largest absolute Gasteiger partial charge is 0.380 e.